The lowest BCUT2D eigenvalue weighted by Gasteiger charge is -2.47. The van der Waals surface area contributed by atoms with Gasteiger partial charge in [-0.25, -0.2) is 10.2 Å². The Labute approximate surface area is 430 Å². The van der Waals surface area contributed by atoms with E-state index < -0.39 is 65.8 Å². The molecule has 16 nitrogen and oxygen atoms in total. The van der Waals surface area contributed by atoms with Crippen LogP contribution in [0.2, 0.25) is 0 Å². The van der Waals surface area contributed by atoms with Gasteiger partial charge in [0.25, 0.3) is 5.91 Å². The van der Waals surface area contributed by atoms with Crippen LogP contribution in [0.4, 0.5) is 18.0 Å². The Morgan fingerprint density at radius 1 is 1.01 bits per heavy atom. The number of amides is 5. The molecule has 4 aliphatic rings. The number of hydrazine groups is 1. The molecule has 398 valence electrons. The second-order valence-electron chi connectivity index (χ2n) is 21.4. The van der Waals surface area contributed by atoms with Gasteiger partial charge < -0.3 is 38.8 Å². The number of halogens is 3. The van der Waals surface area contributed by atoms with Gasteiger partial charge in [-0.15, -0.1) is 0 Å². The zero-order valence-corrected chi connectivity index (χ0v) is 43.4. The first-order valence-corrected chi connectivity index (χ1v) is 25.5. The summed E-state index contributed by atoms with van der Waals surface area (Å²) in [6.45, 7) is 13.7. The van der Waals surface area contributed by atoms with Gasteiger partial charge in [-0.3, -0.25) is 29.2 Å². The predicted octanol–water partition coefficient (Wildman–Crippen LogP) is 7.24. The number of ether oxygens (including phenoxy) is 3. The Balaban J connectivity index is 1.14. The standard InChI is InChI=1S/C55H69F3N8O8/c1-9-45(67)64-25-26-74-54(31-64)19-23-63(24-20-54)52(71)62(7)47(34(2)3)49(68)60-43-28-36-13-10-14-37(27-36)38-17-18-44-40(29-38)41(30-53(5,6)33-73-51(70)42-16-12-22-66(61-42)50(43)69)48(65(44)32-55(56,57)58)39-15-11-21-59-46(39)35(4)72-8/h9-11,13-15,17-18,21,27,29,34-35,42-43,47,61H,1,12,16,19-20,22-26,28,30-33H2,2-8H3,(H,60,68)/t35-,42?,43-,47-/m0/s1. The molecule has 6 bridgehead atoms. The average Bonchev–Trinajstić information content (AvgIpc) is 3.66. The number of carbonyl (C=O) groups is 5. The molecule has 3 fully saturated rings. The maximum Gasteiger partial charge on any atom is 0.406 e. The van der Waals surface area contributed by atoms with Crippen molar-refractivity contribution in [3.8, 4) is 22.4 Å². The zero-order valence-electron chi connectivity index (χ0n) is 43.4. The first-order chi connectivity index (χ1) is 35.1. The molecular weight excluding hydrogens is 958 g/mol. The molecule has 0 saturated carbocycles. The lowest BCUT2D eigenvalue weighted by atomic mass is 9.84. The Morgan fingerprint density at radius 2 is 1.76 bits per heavy atom. The van der Waals surface area contributed by atoms with Crippen LogP contribution in [0.15, 0.2) is 73.4 Å². The molecule has 8 rings (SSSR count). The highest BCUT2D eigenvalue weighted by atomic mass is 19.4. The van der Waals surface area contributed by atoms with Gasteiger partial charge in [0.2, 0.25) is 11.8 Å². The van der Waals surface area contributed by atoms with Crippen LogP contribution in [0.3, 0.4) is 0 Å². The van der Waals surface area contributed by atoms with Crippen molar-refractivity contribution in [3.63, 3.8) is 0 Å². The fourth-order valence-electron chi connectivity index (χ4n) is 11.1. The topological polar surface area (TPSA) is 168 Å². The molecular formula is C55H69F3N8O8. The quantitative estimate of drug-likeness (QED) is 0.129. The molecule has 3 saturated heterocycles. The minimum absolute atomic E-state index is 0.0169. The number of alkyl halides is 3. The van der Waals surface area contributed by atoms with E-state index in [1.807, 2.05) is 58.0 Å². The Morgan fingerprint density at radius 3 is 2.46 bits per heavy atom. The molecule has 74 heavy (non-hydrogen) atoms. The van der Waals surface area contributed by atoms with E-state index in [-0.39, 0.29) is 43.8 Å². The number of likely N-dealkylation sites (tertiary alicyclic amines) is 1. The third kappa shape index (κ3) is 11.6. The van der Waals surface area contributed by atoms with Gasteiger partial charge in [0.1, 0.15) is 24.7 Å². The average molecular weight is 1030 g/mol. The number of carbonyl (C=O) groups excluding carboxylic acids is 5. The van der Waals surface area contributed by atoms with E-state index in [4.69, 9.17) is 14.2 Å². The van der Waals surface area contributed by atoms with Crippen molar-refractivity contribution in [2.75, 3.05) is 60.1 Å². The van der Waals surface area contributed by atoms with Crippen LogP contribution >= 0.6 is 0 Å². The van der Waals surface area contributed by atoms with Crippen LogP contribution < -0.4 is 10.7 Å². The molecule has 2 aromatic carbocycles. The molecule has 0 radical (unpaired) electrons. The molecule has 4 atom stereocenters. The summed E-state index contributed by atoms with van der Waals surface area (Å²) in [5, 5.41) is 4.96. The number of morpholine rings is 1. The first kappa shape index (κ1) is 54.0. The Hall–Kier alpha value is -6.31. The van der Waals surface area contributed by atoms with Gasteiger partial charge >= 0.3 is 18.2 Å². The monoisotopic (exact) mass is 1030 g/mol. The van der Waals surface area contributed by atoms with E-state index in [9.17, 15) is 37.1 Å². The van der Waals surface area contributed by atoms with E-state index in [2.05, 4.69) is 22.3 Å². The number of rotatable bonds is 9. The summed E-state index contributed by atoms with van der Waals surface area (Å²) in [7, 11) is 3.10. The van der Waals surface area contributed by atoms with Crippen molar-refractivity contribution in [3.05, 3.63) is 90.3 Å². The fraction of sp³-hybridized carbons (Fsp3) is 0.527. The number of urea groups is 1. The van der Waals surface area contributed by atoms with Crippen LogP contribution in [0, 0.1) is 11.3 Å². The number of aromatic nitrogens is 2. The second-order valence-corrected chi connectivity index (χ2v) is 21.4. The summed E-state index contributed by atoms with van der Waals surface area (Å²) in [6.07, 6.45) is -0.237. The van der Waals surface area contributed by atoms with Crippen LogP contribution in [-0.4, -0.2) is 149 Å². The van der Waals surface area contributed by atoms with Crippen molar-refractivity contribution in [2.45, 2.75) is 116 Å². The van der Waals surface area contributed by atoms with Crippen LogP contribution in [0.25, 0.3) is 33.3 Å². The van der Waals surface area contributed by atoms with Crippen molar-refractivity contribution < 1.29 is 51.4 Å². The van der Waals surface area contributed by atoms with Crippen LogP contribution in [-0.2, 0) is 52.8 Å². The number of nitrogens with zero attached hydrogens (tertiary/aromatic N) is 6. The number of pyridine rings is 1. The lowest BCUT2D eigenvalue weighted by molar-refractivity contribution is -0.155. The molecule has 6 heterocycles. The molecule has 4 aromatic rings. The number of esters is 1. The second kappa shape index (κ2) is 21.9. The van der Waals surface area contributed by atoms with Gasteiger partial charge in [-0.1, -0.05) is 64.6 Å². The Bertz CT molecular complexity index is 2770. The maximum atomic E-state index is 14.8. The highest BCUT2D eigenvalue weighted by Crippen LogP contribution is 2.43. The predicted molar refractivity (Wildman–Crippen MR) is 272 cm³/mol. The highest BCUT2D eigenvalue weighted by Gasteiger charge is 2.44. The molecule has 0 aliphatic carbocycles. The minimum atomic E-state index is -4.59. The van der Waals surface area contributed by atoms with Gasteiger partial charge in [0.15, 0.2) is 0 Å². The number of benzene rings is 2. The molecule has 1 unspecified atom stereocenters. The number of cyclic esters (lactones) is 1. The van der Waals surface area contributed by atoms with E-state index >= 15 is 0 Å². The maximum absolute atomic E-state index is 14.8. The fourth-order valence-corrected chi connectivity index (χ4v) is 11.1. The van der Waals surface area contributed by atoms with Crippen LogP contribution in [0.5, 0.6) is 0 Å². The highest BCUT2D eigenvalue weighted by molar-refractivity contribution is 5.96. The number of likely N-dealkylation sites (N-methyl/N-ethyl adjacent to an activating group) is 1. The molecule has 5 amide bonds. The summed E-state index contributed by atoms with van der Waals surface area (Å²) in [6, 6.07) is 12.8. The van der Waals surface area contributed by atoms with E-state index in [1.165, 1.54) is 27.7 Å². The molecule has 4 aliphatic heterocycles. The number of fused-ring (bicyclic) bond motifs is 6. The number of methoxy groups -OCH3 is 1. The summed E-state index contributed by atoms with van der Waals surface area (Å²) in [4.78, 5) is 79.6. The van der Waals surface area contributed by atoms with Gasteiger partial charge in [0, 0.05) is 74.8 Å². The van der Waals surface area contributed by atoms with Crippen molar-refractivity contribution in [1.29, 1.82) is 0 Å². The largest absolute Gasteiger partial charge is 0.464 e. The zero-order chi connectivity index (χ0) is 53.3. The van der Waals surface area contributed by atoms with Gasteiger partial charge in [0.05, 0.1) is 42.9 Å². The third-order valence-electron chi connectivity index (χ3n) is 14.9. The Kier molecular flexibility index (Phi) is 16.0. The van der Waals surface area contributed by atoms with Gasteiger partial charge in [-0.05, 0) is 97.5 Å². The van der Waals surface area contributed by atoms with Crippen molar-refractivity contribution in [1.82, 2.24) is 40.0 Å². The molecule has 19 heteroatoms. The normalized spacial score (nSPS) is 21.2. The van der Waals surface area contributed by atoms with Crippen molar-refractivity contribution in [2.24, 2.45) is 11.3 Å². The summed E-state index contributed by atoms with van der Waals surface area (Å²) in [5.74, 6) is -2.18. The summed E-state index contributed by atoms with van der Waals surface area (Å²) >= 11 is 0. The minimum Gasteiger partial charge on any atom is -0.464 e. The summed E-state index contributed by atoms with van der Waals surface area (Å²) in [5.41, 5.74) is 6.06. The first-order valence-electron chi connectivity index (χ1n) is 25.5. The van der Waals surface area contributed by atoms with E-state index in [0.717, 1.165) is 5.56 Å². The molecule has 1 spiro atoms. The SMILES string of the molecule is C=CC(=O)N1CCOC2(CCN(C(=O)N(C)[C@H](C(=O)N[C@H]3Cc4cccc(c4)-c4ccc5c(c4)c(c(-c4cccnc4[C@H](C)OC)n5CC(F)(F)F)CC(C)(C)COC(=O)C4CCCN(N4)C3=O)C(C)C)CC2)C1. The van der Waals surface area contributed by atoms with Crippen molar-refractivity contribution >= 4 is 40.6 Å². The lowest BCUT2D eigenvalue weighted by Crippen LogP contribution is -2.63. The summed E-state index contributed by atoms with van der Waals surface area (Å²) < 4.78 is 63.4. The molecule has 2 aromatic heterocycles. The van der Waals surface area contributed by atoms with E-state index in [0.29, 0.717) is 103 Å². The number of nitrogens with one attached hydrogen (secondary N) is 2. The number of hydrogen-bond acceptors (Lipinski definition) is 10. The van der Waals surface area contributed by atoms with E-state index in [1.54, 1.807) is 54.2 Å². The van der Waals surface area contributed by atoms with Gasteiger partial charge in [-0.2, -0.15) is 13.2 Å². The van der Waals surface area contributed by atoms with Crippen LogP contribution in [0.1, 0.15) is 83.2 Å². The molecule has 2 N–H and O–H groups in total. The third-order valence-corrected chi connectivity index (χ3v) is 14.9. The smallest absolute Gasteiger partial charge is 0.406 e. The number of hydrogen-bond donors (Lipinski definition) is 2. The number of piperidine rings is 1.